The molecule has 1 aromatic heterocycles. The number of aromatic nitrogens is 2. The van der Waals surface area contributed by atoms with Crippen molar-refractivity contribution in [1.82, 2.24) is 14.9 Å². The van der Waals surface area contributed by atoms with E-state index in [1.165, 1.54) is 6.42 Å². The van der Waals surface area contributed by atoms with Gasteiger partial charge in [0.2, 0.25) is 5.95 Å². The predicted molar refractivity (Wildman–Crippen MR) is 156 cm³/mol. The Labute approximate surface area is 239 Å². The number of alkyl halides is 3. The van der Waals surface area contributed by atoms with Crippen LogP contribution in [0.3, 0.4) is 0 Å². The molecule has 2 aromatic carbocycles. The number of fused-ring (bicyclic) bond motifs is 1. The van der Waals surface area contributed by atoms with Crippen LogP contribution >= 0.6 is 8.15 Å². The fourth-order valence-electron chi connectivity index (χ4n) is 5.70. The Hall–Kier alpha value is -3.23. The standard InChI is InChI=1S/C30H35F3N5O2P/c1-4-40-41(3)18-19-10-12-21(13-11-19)35-29-34-16-24(30(31,32)33)27(37-29)36-25-15-14-22(20-8-6-5-7-9-20)23-17-38(2)28(39)26(23)25/h10-16,20H,4-9,17-18H2,1-3H3,(H2,34,35,36,37). The van der Waals surface area contributed by atoms with Crippen molar-refractivity contribution in [1.29, 1.82) is 0 Å². The largest absolute Gasteiger partial charge is 0.421 e. The normalized spacial score (nSPS) is 16.5. The van der Waals surface area contributed by atoms with Crippen LogP contribution < -0.4 is 10.6 Å². The van der Waals surface area contributed by atoms with E-state index in [4.69, 9.17) is 4.52 Å². The number of amides is 1. The molecule has 2 heterocycles. The fourth-order valence-corrected chi connectivity index (χ4v) is 6.95. The first-order chi connectivity index (χ1) is 19.6. The topological polar surface area (TPSA) is 79.4 Å². The van der Waals surface area contributed by atoms with Crippen LogP contribution in [0.15, 0.2) is 42.6 Å². The maximum absolute atomic E-state index is 14.0. The Morgan fingerprint density at radius 3 is 2.49 bits per heavy atom. The average Bonchev–Trinajstić information content (AvgIpc) is 3.24. The second-order valence-corrected chi connectivity index (χ2v) is 12.5. The van der Waals surface area contributed by atoms with Gasteiger partial charge in [-0.05, 0) is 67.2 Å². The van der Waals surface area contributed by atoms with Crippen LogP contribution in [0.2, 0.25) is 0 Å². The van der Waals surface area contributed by atoms with Crippen molar-refractivity contribution in [3.8, 4) is 0 Å². The molecule has 218 valence electrons. The van der Waals surface area contributed by atoms with Crippen LogP contribution in [-0.2, 0) is 23.4 Å². The number of hydrogen-bond donors (Lipinski definition) is 2. The van der Waals surface area contributed by atoms with Gasteiger partial charge in [0.15, 0.2) is 0 Å². The molecule has 5 rings (SSSR count). The number of nitrogens with zero attached hydrogens (tertiary/aromatic N) is 3. The van der Waals surface area contributed by atoms with E-state index in [1.807, 2.05) is 37.3 Å². The summed E-state index contributed by atoms with van der Waals surface area (Å²) in [6.45, 7) is 5.15. The van der Waals surface area contributed by atoms with E-state index in [0.717, 1.165) is 54.7 Å². The zero-order chi connectivity index (χ0) is 29.1. The highest BCUT2D eigenvalue weighted by Crippen LogP contribution is 2.42. The van der Waals surface area contributed by atoms with Gasteiger partial charge in [-0.2, -0.15) is 18.2 Å². The van der Waals surface area contributed by atoms with Gasteiger partial charge in [0.05, 0.1) is 11.3 Å². The van der Waals surface area contributed by atoms with E-state index < -0.39 is 25.7 Å². The Bertz CT molecular complexity index is 1390. The third-order valence-corrected chi connectivity index (χ3v) is 9.17. The Balaban J connectivity index is 1.43. The monoisotopic (exact) mass is 585 g/mol. The molecule has 1 unspecified atom stereocenters. The molecule has 2 aliphatic rings. The maximum Gasteiger partial charge on any atom is 0.421 e. The van der Waals surface area contributed by atoms with Crippen molar-refractivity contribution in [2.75, 3.05) is 31.0 Å². The van der Waals surface area contributed by atoms with Crippen molar-refractivity contribution in [2.45, 2.75) is 63.8 Å². The molecular formula is C30H35F3N5O2P. The molecule has 41 heavy (non-hydrogen) atoms. The molecule has 1 amide bonds. The quantitative estimate of drug-likeness (QED) is 0.247. The molecule has 1 atom stereocenters. The van der Waals surface area contributed by atoms with Crippen LogP contribution in [0, 0.1) is 0 Å². The predicted octanol–water partition coefficient (Wildman–Crippen LogP) is 8.18. The highest BCUT2D eigenvalue weighted by Gasteiger charge is 2.37. The van der Waals surface area contributed by atoms with Crippen molar-refractivity contribution < 1.29 is 22.5 Å². The Morgan fingerprint density at radius 2 is 1.80 bits per heavy atom. The number of benzene rings is 2. The maximum atomic E-state index is 14.0. The average molecular weight is 586 g/mol. The first kappa shape index (κ1) is 29.3. The minimum atomic E-state index is -4.69. The highest BCUT2D eigenvalue weighted by atomic mass is 31.1. The number of rotatable bonds is 9. The zero-order valence-electron chi connectivity index (χ0n) is 23.5. The lowest BCUT2D eigenvalue weighted by Gasteiger charge is -2.25. The van der Waals surface area contributed by atoms with Gasteiger partial charge in [-0.3, -0.25) is 4.79 Å². The Morgan fingerprint density at radius 1 is 1.07 bits per heavy atom. The molecule has 1 saturated carbocycles. The van der Waals surface area contributed by atoms with Crippen LogP contribution in [0.25, 0.3) is 0 Å². The highest BCUT2D eigenvalue weighted by molar-refractivity contribution is 7.50. The van der Waals surface area contributed by atoms with Gasteiger partial charge >= 0.3 is 6.18 Å². The summed E-state index contributed by atoms with van der Waals surface area (Å²) < 4.78 is 47.7. The number of carbonyl (C=O) groups excluding carboxylic acids is 1. The minimum Gasteiger partial charge on any atom is -0.359 e. The number of anilines is 4. The van der Waals surface area contributed by atoms with Crippen molar-refractivity contribution in [2.24, 2.45) is 0 Å². The van der Waals surface area contributed by atoms with Gasteiger partial charge in [0.1, 0.15) is 11.4 Å². The van der Waals surface area contributed by atoms with Gasteiger partial charge in [-0.25, -0.2) is 4.98 Å². The van der Waals surface area contributed by atoms with E-state index in [0.29, 0.717) is 36.0 Å². The molecule has 1 aliphatic carbocycles. The summed E-state index contributed by atoms with van der Waals surface area (Å²) in [5.41, 5.74) is 3.52. The molecule has 0 bridgehead atoms. The number of nitrogens with one attached hydrogen (secondary N) is 2. The number of hydrogen-bond acceptors (Lipinski definition) is 6. The number of carbonyl (C=O) groups is 1. The van der Waals surface area contributed by atoms with E-state index >= 15 is 0 Å². The molecule has 11 heteroatoms. The fraction of sp³-hybridized carbons (Fsp3) is 0.433. The van der Waals surface area contributed by atoms with E-state index in [2.05, 4.69) is 27.3 Å². The second-order valence-electron chi connectivity index (χ2n) is 10.7. The number of halogens is 3. The summed E-state index contributed by atoms with van der Waals surface area (Å²) >= 11 is 0. The van der Waals surface area contributed by atoms with E-state index in [1.54, 1.807) is 18.0 Å². The molecule has 1 fully saturated rings. The van der Waals surface area contributed by atoms with Gasteiger partial charge in [-0.15, -0.1) is 0 Å². The zero-order valence-corrected chi connectivity index (χ0v) is 24.4. The lowest BCUT2D eigenvalue weighted by Crippen LogP contribution is -2.18. The summed E-state index contributed by atoms with van der Waals surface area (Å²) in [6, 6.07) is 11.3. The summed E-state index contributed by atoms with van der Waals surface area (Å²) in [7, 11) is 1.16. The Kier molecular flexibility index (Phi) is 8.80. The van der Waals surface area contributed by atoms with E-state index in [9.17, 15) is 18.0 Å². The molecule has 1 aliphatic heterocycles. The molecule has 3 aromatic rings. The molecule has 0 spiro atoms. The lowest BCUT2D eigenvalue weighted by atomic mass is 9.81. The van der Waals surface area contributed by atoms with Crippen LogP contribution in [0.1, 0.15) is 77.6 Å². The SMILES string of the molecule is CCOP(C)Cc1ccc(Nc2ncc(C(F)(F)F)c(Nc3ccc(C4CCCCC4)c4c3C(=O)N(C)C4)n2)cc1. The van der Waals surface area contributed by atoms with Gasteiger partial charge in [0, 0.05) is 46.4 Å². The van der Waals surface area contributed by atoms with Crippen molar-refractivity contribution in [3.05, 3.63) is 70.4 Å². The van der Waals surface area contributed by atoms with Gasteiger partial charge in [0.25, 0.3) is 5.91 Å². The molecular weight excluding hydrogens is 550 g/mol. The third-order valence-electron chi connectivity index (χ3n) is 7.66. The summed E-state index contributed by atoms with van der Waals surface area (Å²) in [5.74, 6) is -0.239. The third kappa shape index (κ3) is 6.65. The lowest BCUT2D eigenvalue weighted by molar-refractivity contribution is -0.137. The first-order valence-corrected chi connectivity index (χ1v) is 15.9. The smallest absolute Gasteiger partial charge is 0.359 e. The van der Waals surface area contributed by atoms with Crippen molar-refractivity contribution in [3.63, 3.8) is 0 Å². The van der Waals surface area contributed by atoms with Crippen LogP contribution in [-0.4, -0.2) is 41.1 Å². The van der Waals surface area contributed by atoms with E-state index in [-0.39, 0.29) is 11.9 Å². The molecule has 7 nitrogen and oxygen atoms in total. The summed E-state index contributed by atoms with van der Waals surface area (Å²) in [5, 5.41) is 5.86. The molecule has 0 radical (unpaired) electrons. The summed E-state index contributed by atoms with van der Waals surface area (Å²) in [4.78, 5) is 22.9. The van der Waals surface area contributed by atoms with Crippen molar-refractivity contribution >= 4 is 37.2 Å². The summed E-state index contributed by atoms with van der Waals surface area (Å²) in [6.07, 6.45) is 2.51. The first-order valence-electron chi connectivity index (χ1n) is 14.0. The van der Waals surface area contributed by atoms with Crippen LogP contribution in [0.5, 0.6) is 0 Å². The molecule has 2 N–H and O–H groups in total. The van der Waals surface area contributed by atoms with Gasteiger partial charge < -0.3 is 20.1 Å². The molecule has 0 saturated heterocycles. The van der Waals surface area contributed by atoms with Gasteiger partial charge in [-0.1, -0.05) is 37.5 Å². The second kappa shape index (κ2) is 12.3. The minimum absolute atomic E-state index is 0.0132. The van der Waals surface area contributed by atoms with Crippen LogP contribution in [0.4, 0.5) is 36.3 Å².